The minimum atomic E-state index is -0.358. The molecule has 0 radical (unpaired) electrons. The topological polar surface area (TPSA) is 80.9 Å². The molecule has 3 N–H and O–H groups in total. The first kappa shape index (κ1) is 10.8. The summed E-state index contributed by atoms with van der Waals surface area (Å²) in [5, 5.41) is 4.95. The lowest BCUT2D eigenvalue weighted by Gasteiger charge is -2.03. The number of nitrogen functional groups attached to an aromatic ring is 1. The molecule has 0 aliphatic heterocycles. The van der Waals surface area contributed by atoms with E-state index in [0.29, 0.717) is 15.8 Å². The van der Waals surface area contributed by atoms with Gasteiger partial charge in [-0.15, -0.1) is 11.3 Å². The fourth-order valence-electron chi connectivity index (χ4n) is 1.05. The van der Waals surface area contributed by atoms with Crippen LogP contribution in [-0.4, -0.2) is 15.9 Å². The number of nitrogens with one attached hydrogen (secondary N) is 1. The summed E-state index contributed by atoms with van der Waals surface area (Å²) in [7, 11) is 0. The minimum absolute atomic E-state index is 0.266. The number of aromatic nitrogens is 2. The molecule has 0 aliphatic carbocycles. The summed E-state index contributed by atoms with van der Waals surface area (Å²) in [4.78, 5) is 19.4. The van der Waals surface area contributed by atoms with E-state index in [9.17, 15) is 4.79 Å². The van der Waals surface area contributed by atoms with Crippen LogP contribution in [-0.2, 0) is 0 Å². The first-order valence-corrected chi connectivity index (χ1v) is 5.54. The largest absolute Gasteiger partial charge is 0.375 e. The number of nitrogens with zero attached hydrogens (tertiary/aromatic N) is 2. The SMILES string of the molecule is Nc1nc(C(=O)Nc2cnccc2Cl)cs1. The standard InChI is InChI=1S/C9H7ClN4OS/c10-5-1-2-12-3-6(5)13-8(15)7-4-16-9(11)14-7/h1-4H,(H2,11,14)(H,13,15). The Kier molecular flexibility index (Phi) is 3.02. The molecule has 0 fully saturated rings. The summed E-state index contributed by atoms with van der Waals surface area (Å²) >= 11 is 7.07. The number of hydrogen-bond donors (Lipinski definition) is 2. The third-order valence-electron chi connectivity index (χ3n) is 1.77. The second-order valence-electron chi connectivity index (χ2n) is 2.88. The van der Waals surface area contributed by atoms with Gasteiger partial charge in [0.15, 0.2) is 5.13 Å². The Balaban J connectivity index is 2.17. The van der Waals surface area contributed by atoms with Gasteiger partial charge < -0.3 is 11.1 Å². The number of carbonyl (C=O) groups is 1. The van der Waals surface area contributed by atoms with Crippen LogP contribution >= 0.6 is 22.9 Å². The van der Waals surface area contributed by atoms with Crippen molar-refractivity contribution in [3.05, 3.63) is 34.6 Å². The molecular weight excluding hydrogens is 248 g/mol. The molecule has 0 spiro atoms. The van der Waals surface area contributed by atoms with E-state index < -0.39 is 0 Å². The van der Waals surface area contributed by atoms with Crippen LogP contribution in [0.3, 0.4) is 0 Å². The van der Waals surface area contributed by atoms with Crippen molar-refractivity contribution >= 4 is 39.7 Å². The molecule has 0 saturated carbocycles. The Morgan fingerprint density at radius 1 is 1.56 bits per heavy atom. The zero-order chi connectivity index (χ0) is 11.5. The monoisotopic (exact) mass is 254 g/mol. The maximum atomic E-state index is 11.7. The molecule has 0 bridgehead atoms. The third kappa shape index (κ3) is 2.29. The van der Waals surface area contributed by atoms with Crippen molar-refractivity contribution in [1.82, 2.24) is 9.97 Å². The molecule has 5 nitrogen and oxygen atoms in total. The van der Waals surface area contributed by atoms with Crippen molar-refractivity contribution in [3.63, 3.8) is 0 Å². The number of pyridine rings is 1. The van der Waals surface area contributed by atoms with Crippen molar-refractivity contribution in [2.24, 2.45) is 0 Å². The Morgan fingerprint density at radius 3 is 3.00 bits per heavy atom. The smallest absolute Gasteiger partial charge is 0.275 e. The van der Waals surface area contributed by atoms with E-state index in [0.717, 1.165) is 0 Å². The van der Waals surface area contributed by atoms with E-state index in [-0.39, 0.29) is 11.6 Å². The van der Waals surface area contributed by atoms with Gasteiger partial charge in [0.05, 0.1) is 16.9 Å². The molecule has 0 aromatic carbocycles. The van der Waals surface area contributed by atoms with E-state index in [1.807, 2.05) is 0 Å². The maximum absolute atomic E-state index is 11.7. The zero-order valence-corrected chi connectivity index (χ0v) is 9.55. The first-order valence-electron chi connectivity index (χ1n) is 4.28. The van der Waals surface area contributed by atoms with Gasteiger partial charge in [0.2, 0.25) is 0 Å². The molecule has 2 rings (SSSR count). The Labute approximate surface area is 100 Å². The summed E-state index contributed by atoms with van der Waals surface area (Å²) in [5.74, 6) is -0.358. The van der Waals surface area contributed by atoms with Crippen LogP contribution in [0, 0.1) is 0 Å². The van der Waals surface area contributed by atoms with Crippen LogP contribution in [0.5, 0.6) is 0 Å². The molecule has 0 atom stereocenters. The van der Waals surface area contributed by atoms with Gasteiger partial charge in [0, 0.05) is 11.6 Å². The van der Waals surface area contributed by atoms with Gasteiger partial charge in [-0.25, -0.2) is 4.98 Å². The number of anilines is 2. The van der Waals surface area contributed by atoms with E-state index in [1.54, 1.807) is 17.6 Å². The Hall–Kier alpha value is -1.66. The zero-order valence-electron chi connectivity index (χ0n) is 7.98. The molecule has 2 aromatic heterocycles. The first-order chi connectivity index (χ1) is 7.66. The predicted octanol–water partition coefficient (Wildman–Crippen LogP) is 2.03. The van der Waals surface area contributed by atoms with E-state index in [1.165, 1.54) is 17.5 Å². The summed E-state index contributed by atoms with van der Waals surface area (Å²) in [6.45, 7) is 0. The fraction of sp³-hybridized carbons (Fsp3) is 0. The average Bonchev–Trinajstić information content (AvgIpc) is 2.68. The molecule has 1 amide bonds. The molecule has 2 aromatic rings. The molecule has 16 heavy (non-hydrogen) atoms. The van der Waals surface area contributed by atoms with Crippen LogP contribution in [0.2, 0.25) is 5.02 Å². The van der Waals surface area contributed by atoms with Crippen molar-refractivity contribution in [2.45, 2.75) is 0 Å². The summed E-state index contributed by atoms with van der Waals surface area (Å²) in [5.41, 5.74) is 6.14. The number of thiazole rings is 1. The highest BCUT2D eigenvalue weighted by atomic mass is 35.5. The number of rotatable bonds is 2. The minimum Gasteiger partial charge on any atom is -0.375 e. The second kappa shape index (κ2) is 4.46. The lowest BCUT2D eigenvalue weighted by atomic mass is 10.4. The van der Waals surface area contributed by atoms with Gasteiger partial charge in [-0.3, -0.25) is 9.78 Å². The lowest BCUT2D eigenvalue weighted by Crippen LogP contribution is -2.12. The normalized spacial score (nSPS) is 10.1. The molecule has 0 unspecified atom stereocenters. The van der Waals surface area contributed by atoms with Gasteiger partial charge in [0.1, 0.15) is 5.69 Å². The molecule has 82 valence electrons. The van der Waals surface area contributed by atoms with E-state index >= 15 is 0 Å². The predicted molar refractivity (Wildman–Crippen MR) is 63.7 cm³/mol. The van der Waals surface area contributed by atoms with Crippen LogP contribution < -0.4 is 11.1 Å². The van der Waals surface area contributed by atoms with Crippen LogP contribution in [0.25, 0.3) is 0 Å². The highest BCUT2D eigenvalue weighted by molar-refractivity contribution is 7.13. The van der Waals surface area contributed by atoms with Crippen LogP contribution in [0.4, 0.5) is 10.8 Å². The number of carbonyl (C=O) groups excluding carboxylic acids is 1. The number of halogens is 1. The van der Waals surface area contributed by atoms with Gasteiger partial charge in [-0.05, 0) is 6.07 Å². The summed E-state index contributed by atoms with van der Waals surface area (Å²) < 4.78 is 0. The van der Waals surface area contributed by atoms with E-state index in [2.05, 4.69) is 15.3 Å². The molecule has 2 heterocycles. The summed E-state index contributed by atoms with van der Waals surface area (Å²) in [6.07, 6.45) is 3.01. The lowest BCUT2D eigenvalue weighted by molar-refractivity contribution is 0.102. The fourth-order valence-corrected chi connectivity index (χ4v) is 1.74. The Bertz CT molecular complexity index is 528. The van der Waals surface area contributed by atoms with Gasteiger partial charge in [-0.2, -0.15) is 0 Å². The third-order valence-corrected chi connectivity index (χ3v) is 2.77. The maximum Gasteiger partial charge on any atom is 0.275 e. The number of hydrogen-bond acceptors (Lipinski definition) is 5. The van der Waals surface area contributed by atoms with Crippen molar-refractivity contribution < 1.29 is 4.79 Å². The van der Waals surface area contributed by atoms with Crippen LogP contribution in [0.1, 0.15) is 10.5 Å². The second-order valence-corrected chi connectivity index (χ2v) is 4.18. The summed E-state index contributed by atoms with van der Waals surface area (Å²) in [6, 6.07) is 1.59. The quantitative estimate of drug-likeness (QED) is 0.859. The van der Waals surface area contributed by atoms with Gasteiger partial charge in [0.25, 0.3) is 5.91 Å². The van der Waals surface area contributed by atoms with Gasteiger partial charge >= 0.3 is 0 Å². The van der Waals surface area contributed by atoms with Gasteiger partial charge in [-0.1, -0.05) is 11.6 Å². The molecule has 7 heteroatoms. The van der Waals surface area contributed by atoms with Crippen molar-refractivity contribution in [2.75, 3.05) is 11.1 Å². The van der Waals surface area contributed by atoms with Crippen molar-refractivity contribution in [3.8, 4) is 0 Å². The molecular formula is C9H7ClN4OS. The van der Waals surface area contributed by atoms with Crippen molar-refractivity contribution in [1.29, 1.82) is 0 Å². The highest BCUT2D eigenvalue weighted by Crippen LogP contribution is 2.20. The molecule has 0 saturated heterocycles. The highest BCUT2D eigenvalue weighted by Gasteiger charge is 2.11. The number of nitrogens with two attached hydrogens (primary N) is 1. The molecule has 0 aliphatic rings. The van der Waals surface area contributed by atoms with E-state index in [4.69, 9.17) is 17.3 Å². The Morgan fingerprint density at radius 2 is 2.38 bits per heavy atom. The average molecular weight is 255 g/mol. The number of amides is 1. The van der Waals surface area contributed by atoms with Crippen LogP contribution in [0.15, 0.2) is 23.8 Å².